The first-order valence-electron chi connectivity index (χ1n) is 12.2. The number of piperazine rings is 1. The second kappa shape index (κ2) is 9.85. The number of hydrogen-bond donors (Lipinski definition) is 0. The fraction of sp³-hybridized carbons (Fsp3) is 0.276. The minimum Gasteiger partial charge on any atom is -0.465 e. The Hall–Kier alpha value is -4.13. The van der Waals surface area contributed by atoms with Gasteiger partial charge in [-0.2, -0.15) is 0 Å². The maximum Gasteiger partial charge on any atom is 0.337 e. The van der Waals surface area contributed by atoms with Crippen LogP contribution in [0.25, 0.3) is 10.9 Å². The molecule has 0 spiro atoms. The molecule has 1 aromatic heterocycles. The van der Waals surface area contributed by atoms with Crippen molar-refractivity contribution < 1.29 is 9.53 Å². The minimum atomic E-state index is -0.448. The van der Waals surface area contributed by atoms with E-state index in [0.717, 1.165) is 31.7 Å². The highest BCUT2D eigenvalue weighted by atomic mass is 16.5. The van der Waals surface area contributed by atoms with E-state index in [9.17, 15) is 9.59 Å². The zero-order valence-electron chi connectivity index (χ0n) is 20.9. The van der Waals surface area contributed by atoms with Crippen LogP contribution in [0.5, 0.6) is 0 Å². The van der Waals surface area contributed by atoms with Crippen molar-refractivity contribution in [3.63, 3.8) is 0 Å². The molecule has 0 radical (unpaired) electrons. The summed E-state index contributed by atoms with van der Waals surface area (Å²) in [7, 11) is 1.35. The fourth-order valence-corrected chi connectivity index (χ4v) is 4.70. The van der Waals surface area contributed by atoms with E-state index in [4.69, 9.17) is 9.72 Å². The molecule has 0 aliphatic carbocycles. The zero-order chi connectivity index (χ0) is 25.2. The van der Waals surface area contributed by atoms with Crippen molar-refractivity contribution in [3.8, 4) is 0 Å². The van der Waals surface area contributed by atoms with Crippen LogP contribution in [0.4, 0.5) is 11.6 Å². The molecular formula is C29H30N4O3. The van der Waals surface area contributed by atoms with Gasteiger partial charge in [0.05, 0.1) is 30.1 Å². The van der Waals surface area contributed by atoms with Crippen LogP contribution in [-0.4, -0.2) is 48.8 Å². The highest BCUT2D eigenvalue weighted by Crippen LogP contribution is 2.23. The Bertz CT molecular complexity index is 1470. The molecule has 0 bridgehead atoms. The molecule has 1 saturated heterocycles. The molecule has 5 rings (SSSR count). The Morgan fingerprint density at radius 1 is 0.889 bits per heavy atom. The maximum atomic E-state index is 13.7. The fourth-order valence-electron chi connectivity index (χ4n) is 4.70. The molecule has 0 atom stereocenters. The number of rotatable bonds is 5. The molecule has 184 valence electrons. The van der Waals surface area contributed by atoms with Gasteiger partial charge in [-0.25, -0.2) is 9.78 Å². The summed E-state index contributed by atoms with van der Waals surface area (Å²) in [6, 6.07) is 21.7. The van der Waals surface area contributed by atoms with Gasteiger partial charge >= 0.3 is 5.97 Å². The lowest BCUT2D eigenvalue weighted by Crippen LogP contribution is -2.48. The predicted octanol–water partition coefficient (Wildman–Crippen LogP) is 4.17. The molecule has 1 fully saturated rings. The summed E-state index contributed by atoms with van der Waals surface area (Å²) in [5.41, 5.74) is 5.41. The highest BCUT2D eigenvalue weighted by Gasteiger charge is 2.23. The Kier molecular flexibility index (Phi) is 6.46. The van der Waals surface area contributed by atoms with Gasteiger partial charge in [-0.3, -0.25) is 9.36 Å². The molecule has 4 aromatic rings. The molecule has 0 saturated carbocycles. The van der Waals surface area contributed by atoms with Crippen LogP contribution >= 0.6 is 0 Å². The topological polar surface area (TPSA) is 67.7 Å². The van der Waals surface area contributed by atoms with Gasteiger partial charge in [-0.05, 0) is 55.3 Å². The molecule has 0 unspecified atom stereocenters. The van der Waals surface area contributed by atoms with Crippen molar-refractivity contribution in [1.29, 1.82) is 0 Å². The second-order valence-corrected chi connectivity index (χ2v) is 9.33. The number of fused-ring (bicyclic) bond motifs is 1. The summed E-state index contributed by atoms with van der Waals surface area (Å²) in [6.07, 6.45) is 0. The van der Waals surface area contributed by atoms with Crippen molar-refractivity contribution in [2.75, 3.05) is 43.1 Å². The molecule has 7 nitrogen and oxygen atoms in total. The van der Waals surface area contributed by atoms with Crippen molar-refractivity contribution in [2.24, 2.45) is 0 Å². The molecule has 0 N–H and O–H groups in total. The minimum absolute atomic E-state index is 0.117. The van der Waals surface area contributed by atoms with E-state index in [1.165, 1.54) is 23.9 Å². The van der Waals surface area contributed by atoms with Gasteiger partial charge < -0.3 is 14.5 Å². The Labute approximate surface area is 210 Å². The SMILES string of the molecule is COC(=O)c1ccc2c(=O)n(Cc3ccc(C)cc3)c(N3CCN(c4cccc(C)c4)CC3)nc2c1. The van der Waals surface area contributed by atoms with Gasteiger partial charge in [0.25, 0.3) is 5.56 Å². The average Bonchev–Trinajstić information content (AvgIpc) is 2.90. The summed E-state index contributed by atoms with van der Waals surface area (Å²) in [6.45, 7) is 7.69. The Morgan fingerprint density at radius 3 is 2.31 bits per heavy atom. The maximum absolute atomic E-state index is 13.7. The van der Waals surface area contributed by atoms with Crippen LogP contribution in [0, 0.1) is 13.8 Å². The first kappa shape index (κ1) is 23.6. The van der Waals surface area contributed by atoms with Gasteiger partial charge in [0.2, 0.25) is 5.95 Å². The third-order valence-electron chi connectivity index (χ3n) is 6.75. The number of ether oxygens (including phenoxy) is 1. The van der Waals surface area contributed by atoms with Crippen molar-refractivity contribution in [3.05, 3.63) is 99.3 Å². The predicted molar refractivity (Wildman–Crippen MR) is 143 cm³/mol. The largest absolute Gasteiger partial charge is 0.465 e. The number of esters is 1. The number of anilines is 2. The number of benzene rings is 3. The first-order chi connectivity index (χ1) is 17.4. The molecular weight excluding hydrogens is 452 g/mol. The molecule has 1 aliphatic heterocycles. The normalized spacial score (nSPS) is 13.8. The van der Waals surface area contributed by atoms with E-state index in [1.807, 2.05) is 19.1 Å². The van der Waals surface area contributed by atoms with E-state index in [-0.39, 0.29) is 5.56 Å². The van der Waals surface area contributed by atoms with Gasteiger partial charge in [0, 0.05) is 31.9 Å². The van der Waals surface area contributed by atoms with Crippen molar-refractivity contribution in [2.45, 2.75) is 20.4 Å². The number of carbonyl (C=O) groups excluding carboxylic acids is 1. The number of methoxy groups -OCH3 is 1. The number of nitrogens with zero attached hydrogens (tertiary/aromatic N) is 4. The third-order valence-corrected chi connectivity index (χ3v) is 6.75. The van der Waals surface area contributed by atoms with Gasteiger partial charge in [-0.15, -0.1) is 0 Å². The number of hydrogen-bond acceptors (Lipinski definition) is 6. The summed E-state index contributed by atoms with van der Waals surface area (Å²) in [5.74, 6) is 0.176. The van der Waals surface area contributed by atoms with Gasteiger partial charge in [0.15, 0.2) is 0 Å². The Morgan fingerprint density at radius 2 is 1.61 bits per heavy atom. The van der Waals surface area contributed by atoms with E-state index in [2.05, 4.69) is 53.1 Å². The van der Waals surface area contributed by atoms with Crippen LogP contribution in [-0.2, 0) is 11.3 Å². The van der Waals surface area contributed by atoms with Crippen LogP contribution in [0.2, 0.25) is 0 Å². The standard InChI is InChI=1S/C29H30N4O3/c1-20-7-9-22(10-8-20)19-33-27(34)25-12-11-23(28(35)36-3)18-26(25)30-29(33)32-15-13-31(14-16-32)24-6-4-5-21(2)17-24/h4-12,17-18H,13-16,19H2,1-3H3. The van der Waals surface area contributed by atoms with Crippen LogP contribution in [0.15, 0.2) is 71.5 Å². The molecule has 2 heterocycles. The number of carbonyl (C=O) groups is 1. The summed E-state index contributed by atoms with van der Waals surface area (Å²) >= 11 is 0. The zero-order valence-corrected chi connectivity index (χ0v) is 20.9. The molecule has 0 amide bonds. The van der Waals surface area contributed by atoms with Crippen LogP contribution in [0.3, 0.4) is 0 Å². The second-order valence-electron chi connectivity index (χ2n) is 9.33. The molecule has 1 aliphatic rings. The monoisotopic (exact) mass is 482 g/mol. The summed E-state index contributed by atoms with van der Waals surface area (Å²) in [5, 5.41) is 0.483. The molecule has 36 heavy (non-hydrogen) atoms. The van der Waals surface area contributed by atoms with Gasteiger partial charge in [-0.1, -0.05) is 42.0 Å². The molecule has 3 aromatic carbocycles. The first-order valence-corrected chi connectivity index (χ1v) is 12.2. The lowest BCUT2D eigenvalue weighted by atomic mass is 10.1. The van der Waals surface area contributed by atoms with E-state index < -0.39 is 5.97 Å². The lowest BCUT2D eigenvalue weighted by molar-refractivity contribution is 0.0601. The van der Waals surface area contributed by atoms with Crippen molar-refractivity contribution in [1.82, 2.24) is 9.55 Å². The van der Waals surface area contributed by atoms with E-state index in [1.54, 1.807) is 22.8 Å². The Balaban J connectivity index is 1.53. The molecule has 7 heteroatoms. The summed E-state index contributed by atoms with van der Waals surface area (Å²) in [4.78, 5) is 35.3. The van der Waals surface area contributed by atoms with Crippen LogP contribution in [0.1, 0.15) is 27.0 Å². The quantitative estimate of drug-likeness (QED) is 0.398. The highest BCUT2D eigenvalue weighted by molar-refractivity contribution is 5.94. The number of aromatic nitrogens is 2. The van der Waals surface area contributed by atoms with E-state index >= 15 is 0 Å². The van der Waals surface area contributed by atoms with E-state index in [0.29, 0.717) is 29.0 Å². The van der Waals surface area contributed by atoms with Crippen molar-refractivity contribution >= 4 is 28.5 Å². The lowest BCUT2D eigenvalue weighted by Gasteiger charge is -2.37. The number of aryl methyl sites for hydroxylation is 2. The summed E-state index contributed by atoms with van der Waals surface area (Å²) < 4.78 is 6.63. The average molecular weight is 483 g/mol. The smallest absolute Gasteiger partial charge is 0.337 e. The third kappa shape index (κ3) is 4.69. The van der Waals surface area contributed by atoms with Gasteiger partial charge in [0.1, 0.15) is 0 Å². The van der Waals surface area contributed by atoms with Crippen LogP contribution < -0.4 is 15.4 Å².